The molecule has 1 heterocycles. The van der Waals surface area contributed by atoms with Crippen molar-refractivity contribution in [3.63, 3.8) is 0 Å². The summed E-state index contributed by atoms with van der Waals surface area (Å²) in [4.78, 5) is 6.75. The minimum absolute atomic E-state index is 0.838. The molecule has 1 aromatic heterocycles. The van der Waals surface area contributed by atoms with Crippen LogP contribution in [0.15, 0.2) is 18.2 Å². The van der Waals surface area contributed by atoms with E-state index >= 15 is 0 Å². The minimum atomic E-state index is 0.838. The molecular weight excluding hydrogens is 246 g/mol. The summed E-state index contributed by atoms with van der Waals surface area (Å²) in [6, 6.07) is 6.01. The number of nitrogens with zero attached hydrogens (tertiary/aromatic N) is 2. The first-order chi connectivity index (χ1) is 8.70. The van der Waals surface area contributed by atoms with Crippen LogP contribution in [-0.2, 0) is 0 Å². The maximum atomic E-state index is 5.31. The highest BCUT2D eigenvalue weighted by atomic mass is 32.1. The number of benzene rings is 1. The lowest BCUT2D eigenvalue weighted by Crippen LogP contribution is -2.16. The quantitative estimate of drug-likeness (QED) is 0.815. The van der Waals surface area contributed by atoms with Crippen LogP contribution in [0.1, 0.15) is 6.42 Å². The van der Waals surface area contributed by atoms with E-state index in [1.165, 1.54) is 0 Å². The number of hydrogen-bond acceptors (Lipinski definition) is 5. The van der Waals surface area contributed by atoms with Crippen molar-refractivity contribution in [1.82, 2.24) is 9.88 Å². The van der Waals surface area contributed by atoms with E-state index in [0.717, 1.165) is 40.6 Å². The van der Waals surface area contributed by atoms with E-state index in [4.69, 9.17) is 4.74 Å². The van der Waals surface area contributed by atoms with Crippen molar-refractivity contribution in [2.24, 2.45) is 0 Å². The summed E-state index contributed by atoms with van der Waals surface area (Å²) in [6.07, 6.45) is 1.11. The second-order valence-electron chi connectivity index (χ2n) is 4.41. The van der Waals surface area contributed by atoms with Gasteiger partial charge in [0.25, 0.3) is 0 Å². The third kappa shape index (κ3) is 3.11. The summed E-state index contributed by atoms with van der Waals surface area (Å²) in [7, 11) is 5.85. The standard InChI is InChI=1S/C13H19N3OS/c1-16(2)9-5-8-14-13-15-12-10(17-3)6-4-7-11(12)18-13/h4,6-7H,5,8-9H2,1-3H3,(H,14,15). The maximum absolute atomic E-state index is 5.31. The van der Waals surface area contributed by atoms with Gasteiger partial charge in [-0.25, -0.2) is 4.98 Å². The first-order valence-corrected chi connectivity index (χ1v) is 6.84. The zero-order valence-corrected chi connectivity index (χ0v) is 11.9. The van der Waals surface area contributed by atoms with Crippen LogP contribution in [0.5, 0.6) is 5.75 Å². The molecule has 0 amide bonds. The van der Waals surface area contributed by atoms with Gasteiger partial charge in [-0.05, 0) is 39.2 Å². The van der Waals surface area contributed by atoms with Crippen molar-refractivity contribution < 1.29 is 4.74 Å². The van der Waals surface area contributed by atoms with Gasteiger partial charge in [0.1, 0.15) is 11.3 Å². The normalized spacial score (nSPS) is 11.1. The molecule has 0 saturated carbocycles. The van der Waals surface area contributed by atoms with Crippen LogP contribution < -0.4 is 10.1 Å². The van der Waals surface area contributed by atoms with Gasteiger partial charge in [0.2, 0.25) is 0 Å². The molecule has 0 aliphatic heterocycles. The van der Waals surface area contributed by atoms with Gasteiger partial charge in [-0.1, -0.05) is 17.4 Å². The average Bonchev–Trinajstić information content (AvgIpc) is 2.76. The van der Waals surface area contributed by atoms with Crippen LogP contribution in [0.3, 0.4) is 0 Å². The Morgan fingerprint density at radius 3 is 2.94 bits per heavy atom. The van der Waals surface area contributed by atoms with Crippen molar-refractivity contribution in [3.05, 3.63) is 18.2 Å². The lowest BCUT2D eigenvalue weighted by atomic mass is 10.3. The van der Waals surface area contributed by atoms with Crippen molar-refractivity contribution in [3.8, 4) is 5.75 Å². The first-order valence-electron chi connectivity index (χ1n) is 6.03. The molecular formula is C13H19N3OS. The SMILES string of the molecule is COc1cccc2sc(NCCCN(C)C)nc12. The van der Waals surface area contributed by atoms with E-state index < -0.39 is 0 Å². The third-order valence-corrected chi connectivity index (χ3v) is 3.64. The molecule has 5 heteroatoms. The highest BCUT2D eigenvalue weighted by Crippen LogP contribution is 2.31. The Labute approximate surface area is 112 Å². The van der Waals surface area contributed by atoms with Gasteiger partial charge in [-0.15, -0.1) is 0 Å². The summed E-state index contributed by atoms with van der Waals surface area (Å²) in [5.74, 6) is 0.838. The summed E-state index contributed by atoms with van der Waals surface area (Å²) >= 11 is 1.67. The van der Waals surface area contributed by atoms with Crippen LogP contribution in [0, 0.1) is 0 Å². The van der Waals surface area contributed by atoms with Gasteiger partial charge >= 0.3 is 0 Å². The lowest BCUT2D eigenvalue weighted by molar-refractivity contribution is 0.405. The maximum Gasteiger partial charge on any atom is 0.183 e. The Hall–Kier alpha value is -1.33. The zero-order valence-electron chi connectivity index (χ0n) is 11.1. The lowest BCUT2D eigenvalue weighted by Gasteiger charge is -2.08. The van der Waals surface area contributed by atoms with E-state index in [9.17, 15) is 0 Å². The number of rotatable bonds is 6. The number of anilines is 1. The number of hydrogen-bond donors (Lipinski definition) is 1. The smallest absolute Gasteiger partial charge is 0.183 e. The molecule has 0 fully saturated rings. The zero-order chi connectivity index (χ0) is 13.0. The monoisotopic (exact) mass is 265 g/mol. The molecule has 0 spiro atoms. The van der Waals surface area contributed by atoms with Crippen LogP contribution in [0.25, 0.3) is 10.2 Å². The fourth-order valence-electron chi connectivity index (χ4n) is 1.75. The van der Waals surface area contributed by atoms with Gasteiger partial charge in [0, 0.05) is 6.54 Å². The molecule has 0 radical (unpaired) electrons. The van der Waals surface area contributed by atoms with Gasteiger partial charge < -0.3 is 15.0 Å². The Bertz CT molecular complexity index is 510. The highest BCUT2D eigenvalue weighted by Gasteiger charge is 2.07. The number of aromatic nitrogens is 1. The van der Waals surface area contributed by atoms with E-state index in [1.54, 1.807) is 18.4 Å². The van der Waals surface area contributed by atoms with Gasteiger partial charge in [0.05, 0.1) is 11.8 Å². The molecule has 2 aromatic rings. The van der Waals surface area contributed by atoms with Crippen molar-refractivity contribution in [1.29, 1.82) is 0 Å². The second-order valence-corrected chi connectivity index (χ2v) is 5.44. The van der Waals surface area contributed by atoms with Gasteiger partial charge in [0.15, 0.2) is 5.13 Å². The minimum Gasteiger partial charge on any atom is -0.494 e. The summed E-state index contributed by atoms with van der Waals surface area (Å²) in [5, 5.41) is 4.33. The fraction of sp³-hybridized carbons (Fsp3) is 0.462. The van der Waals surface area contributed by atoms with Crippen LogP contribution in [0.2, 0.25) is 0 Å². The average molecular weight is 265 g/mol. The molecule has 4 nitrogen and oxygen atoms in total. The molecule has 0 bridgehead atoms. The number of fused-ring (bicyclic) bond motifs is 1. The largest absolute Gasteiger partial charge is 0.494 e. The Morgan fingerprint density at radius 1 is 1.39 bits per heavy atom. The fourth-order valence-corrected chi connectivity index (χ4v) is 2.66. The van der Waals surface area contributed by atoms with E-state index in [0.29, 0.717) is 0 Å². The molecule has 1 N–H and O–H groups in total. The van der Waals surface area contributed by atoms with Crippen LogP contribution in [-0.4, -0.2) is 44.2 Å². The molecule has 0 aliphatic carbocycles. The van der Waals surface area contributed by atoms with Crippen LogP contribution >= 0.6 is 11.3 Å². The van der Waals surface area contributed by atoms with Crippen molar-refractivity contribution >= 4 is 26.7 Å². The number of para-hydroxylation sites is 1. The Morgan fingerprint density at radius 2 is 2.22 bits per heavy atom. The van der Waals surface area contributed by atoms with E-state index in [-0.39, 0.29) is 0 Å². The second kappa shape index (κ2) is 6.02. The van der Waals surface area contributed by atoms with Crippen LogP contribution in [0.4, 0.5) is 5.13 Å². The third-order valence-electron chi connectivity index (χ3n) is 2.66. The van der Waals surface area contributed by atoms with Crippen molar-refractivity contribution in [2.75, 3.05) is 39.6 Å². The molecule has 98 valence electrons. The number of thiazole rings is 1. The molecule has 0 unspecified atom stereocenters. The number of ether oxygens (including phenoxy) is 1. The summed E-state index contributed by atoms with van der Waals surface area (Å²) < 4.78 is 6.46. The topological polar surface area (TPSA) is 37.4 Å². The number of nitrogens with one attached hydrogen (secondary N) is 1. The van der Waals surface area contributed by atoms with E-state index in [1.807, 2.05) is 12.1 Å². The molecule has 0 saturated heterocycles. The Balaban J connectivity index is 2.02. The summed E-state index contributed by atoms with van der Waals surface area (Å²) in [6.45, 7) is 2.03. The molecule has 2 rings (SSSR count). The van der Waals surface area contributed by atoms with E-state index in [2.05, 4.69) is 35.4 Å². The predicted molar refractivity (Wildman–Crippen MR) is 77.8 cm³/mol. The van der Waals surface area contributed by atoms with Crippen molar-refractivity contribution in [2.45, 2.75) is 6.42 Å². The van der Waals surface area contributed by atoms with Gasteiger partial charge in [-0.2, -0.15) is 0 Å². The summed E-state index contributed by atoms with van der Waals surface area (Å²) in [5.41, 5.74) is 0.945. The van der Waals surface area contributed by atoms with Gasteiger partial charge in [-0.3, -0.25) is 0 Å². The molecule has 0 aliphatic rings. The molecule has 0 atom stereocenters. The molecule has 1 aromatic carbocycles. The Kier molecular flexibility index (Phi) is 4.38. The predicted octanol–water partition coefficient (Wildman–Crippen LogP) is 2.67. The first kappa shape index (κ1) is 13.1. The highest BCUT2D eigenvalue weighted by molar-refractivity contribution is 7.22. The molecule has 18 heavy (non-hydrogen) atoms. The number of methoxy groups -OCH3 is 1.